The van der Waals surface area contributed by atoms with Gasteiger partial charge in [-0.3, -0.25) is 4.79 Å². The first-order valence-corrected chi connectivity index (χ1v) is 11.2. The maximum absolute atomic E-state index is 13.7. The van der Waals surface area contributed by atoms with Gasteiger partial charge in [0.05, 0.1) is 14.2 Å². The van der Waals surface area contributed by atoms with Gasteiger partial charge >= 0.3 is 0 Å². The Morgan fingerprint density at radius 1 is 1.19 bits per heavy atom. The summed E-state index contributed by atoms with van der Waals surface area (Å²) in [6.45, 7) is 1.32. The van der Waals surface area contributed by atoms with Gasteiger partial charge < -0.3 is 25.8 Å². The number of aryl methyl sites for hydroxylation is 1. The first-order valence-electron chi connectivity index (χ1n) is 11.2. The standard InChI is InChI=1S/C24H31F2N3O3/c1-31-22-8-14-5-6-28-21(17(14)10-23(22)32-2)12-29-24(30)11-20(27)15-4-3-13-7-18(25)19(26)9-16(13)15/h7-10,14-15,17,20-21,28H,3-6,11-12,27H2,1-2H3,(H,29,30). The van der Waals surface area contributed by atoms with Gasteiger partial charge in [0.2, 0.25) is 5.91 Å². The van der Waals surface area contributed by atoms with Gasteiger partial charge in [0.1, 0.15) is 0 Å². The van der Waals surface area contributed by atoms with Crippen molar-refractivity contribution in [1.29, 1.82) is 0 Å². The number of ether oxygens (including phenoxy) is 2. The zero-order chi connectivity index (χ0) is 22.8. The van der Waals surface area contributed by atoms with Crippen LogP contribution in [0, 0.1) is 23.5 Å². The van der Waals surface area contributed by atoms with Gasteiger partial charge in [-0.1, -0.05) is 0 Å². The Balaban J connectivity index is 1.34. The minimum absolute atomic E-state index is 0.0676. The molecule has 5 unspecified atom stereocenters. The summed E-state index contributed by atoms with van der Waals surface area (Å²) in [5.74, 6) is -0.0344. The molecule has 4 rings (SSSR count). The lowest BCUT2D eigenvalue weighted by Crippen LogP contribution is -2.52. The SMILES string of the molecule is COC1=CC2CCNC(CNC(=O)CC(N)C3CCc4cc(F)c(F)cc43)C2C=C1OC. The maximum atomic E-state index is 13.7. The van der Waals surface area contributed by atoms with E-state index in [0.717, 1.165) is 29.9 Å². The van der Waals surface area contributed by atoms with E-state index in [1.165, 1.54) is 12.1 Å². The van der Waals surface area contributed by atoms with Crippen LogP contribution in [-0.4, -0.2) is 45.3 Å². The average molecular weight is 448 g/mol. The van der Waals surface area contributed by atoms with Crippen molar-refractivity contribution in [2.24, 2.45) is 17.6 Å². The number of fused-ring (bicyclic) bond motifs is 2. The number of nitrogens with one attached hydrogen (secondary N) is 2. The largest absolute Gasteiger partial charge is 0.493 e. The highest BCUT2D eigenvalue weighted by atomic mass is 19.2. The molecule has 0 bridgehead atoms. The third-order valence-corrected chi connectivity index (χ3v) is 7.00. The second-order valence-electron chi connectivity index (χ2n) is 8.84. The Morgan fingerprint density at radius 3 is 2.66 bits per heavy atom. The third kappa shape index (κ3) is 4.52. The molecule has 3 aliphatic rings. The summed E-state index contributed by atoms with van der Waals surface area (Å²) in [5, 5.41) is 6.50. The number of carbonyl (C=O) groups is 1. The predicted octanol–water partition coefficient (Wildman–Crippen LogP) is 2.50. The third-order valence-electron chi connectivity index (χ3n) is 7.00. The molecule has 0 spiro atoms. The molecule has 174 valence electrons. The topological polar surface area (TPSA) is 85.6 Å². The number of benzene rings is 1. The molecular formula is C24H31F2N3O3. The molecule has 1 amide bonds. The van der Waals surface area contributed by atoms with Gasteiger partial charge in [-0.2, -0.15) is 0 Å². The number of carbonyl (C=O) groups excluding carboxylic acids is 1. The molecule has 4 N–H and O–H groups in total. The van der Waals surface area contributed by atoms with E-state index in [4.69, 9.17) is 15.2 Å². The van der Waals surface area contributed by atoms with Crippen molar-refractivity contribution < 1.29 is 23.0 Å². The number of hydrogen-bond donors (Lipinski definition) is 3. The minimum Gasteiger partial charge on any atom is -0.493 e. The quantitative estimate of drug-likeness (QED) is 0.598. The highest BCUT2D eigenvalue weighted by Gasteiger charge is 2.35. The van der Waals surface area contributed by atoms with Crippen LogP contribution in [0.15, 0.2) is 35.8 Å². The first-order chi connectivity index (χ1) is 15.4. The highest BCUT2D eigenvalue weighted by molar-refractivity contribution is 5.76. The van der Waals surface area contributed by atoms with E-state index in [1.54, 1.807) is 14.2 Å². The fraction of sp³-hybridized carbons (Fsp3) is 0.542. The lowest BCUT2D eigenvalue weighted by Gasteiger charge is -2.38. The average Bonchev–Trinajstić information content (AvgIpc) is 3.19. The van der Waals surface area contributed by atoms with Crippen molar-refractivity contribution >= 4 is 5.91 Å². The molecule has 0 radical (unpaired) electrons. The molecule has 8 heteroatoms. The van der Waals surface area contributed by atoms with Gasteiger partial charge in [-0.15, -0.1) is 0 Å². The van der Waals surface area contributed by atoms with Crippen molar-refractivity contribution in [3.63, 3.8) is 0 Å². The van der Waals surface area contributed by atoms with Gasteiger partial charge in [0.15, 0.2) is 23.2 Å². The molecule has 32 heavy (non-hydrogen) atoms. The predicted molar refractivity (Wildman–Crippen MR) is 117 cm³/mol. The number of piperidine rings is 1. The highest BCUT2D eigenvalue weighted by Crippen LogP contribution is 2.37. The van der Waals surface area contributed by atoms with Crippen LogP contribution in [0.5, 0.6) is 0 Å². The molecule has 1 heterocycles. The van der Waals surface area contributed by atoms with Crippen molar-refractivity contribution in [3.05, 3.63) is 58.6 Å². The molecule has 1 aromatic rings. The zero-order valence-corrected chi connectivity index (χ0v) is 18.5. The fourth-order valence-corrected chi connectivity index (χ4v) is 5.30. The van der Waals surface area contributed by atoms with Crippen molar-refractivity contribution in [3.8, 4) is 0 Å². The van der Waals surface area contributed by atoms with Crippen molar-refractivity contribution in [2.45, 2.75) is 43.7 Å². The van der Waals surface area contributed by atoms with Crippen molar-refractivity contribution in [2.75, 3.05) is 27.3 Å². The van der Waals surface area contributed by atoms with Crippen LogP contribution in [0.1, 0.15) is 36.3 Å². The van der Waals surface area contributed by atoms with Gasteiger partial charge in [-0.05, 0) is 67.1 Å². The van der Waals surface area contributed by atoms with Crippen LogP contribution < -0.4 is 16.4 Å². The summed E-state index contributed by atoms with van der Waals surface area (Å²) in [4.78, 5) is 12.6. The Kier molecular flexibility index (Phi) is 6.81. The number of methoxy groups -OCH3 is 2. The summed E-state index contributed by atoms with van der Waals surface area (Å²) < 4.78 is 38.1. The van der Waals surface area contributed by atoms with E-state index in [9.17, 15) is 13.6 Å². The lowest BCUT2D eigenvalue weighted by atomic mass is 9.77. The fourth-order valence-electron chi connectivity index (χ4n) is 5.30. The van der Waals surface area contributed by atoms with E-state index < -0.39 is 17.7 Å². The Hall–Kier alpha value is -2.45. The number of nitrogens with two attached hydrogens (primary N) is 1. The first kappa shape index (κ1) is 22.7. The molecule has 1 aromatic carbocycles. The lowest BCUT2D eigenvalue weighted by molar-refractivity contribution is -0.121. The van der Waals surface area contributed by atoms with Crippen LogP contribution in [0.3, 0.4) is 0 Å². The van der Waals surface area contributed by atoms with Crippen LogP contribution in [-0.2, 0) is 20.7 Å². The minimum atomic E-state index is -0.869. The van der Waals surface area contributed by atoms with E-state index in [0.29, 0.717) is 31.1 Å². The van der Waals surface area contributed by atoms with Crippen LogP contribution in [0.25, 0.3) is 0 Å². The maximum Gasteiger partial charge on any atom is 0.221 e. The molecule has 6 nitrogen and oxygen atoms in total. The molecule has 5 atom stereocenters. The molecular weight excluding hydrogens is 416 g/mol. The Labute approximate surface area is 187 Å². The van der Waals surface area contributed by atoms with Crippen LogP contribution in [0.2, 0.25) is 0 Å². The van der Waals surface area contributed by atoms with E-state index in [2.05, 4.69) is 22.8 Å². The molecule has 1 fully saturated rings. The van der Waals surface area contributed by atoms with Gasteiger partial charge in [-0.25, -0.2) is 8.78 Å². The second kappa shape index (κ2) is 9.58. The zero-order valence-electron chi connectivity index (χ0n) is 18.5. The molecule has 2 aliphatic carbocycles. The summed E-state index contributed by atoms with van der Waals surface area (Å²) in [6, 6.07) is 2.10. The van der Waals surface area contributed by atoms with Crippen LogP contribution in [0.4, 0.5) is 8.78 Å². The smallest absolute Gasteiger partial charge is 0.221 e. The number of allylic oxidation sites excluding steroid dienone is 1. The number of amides is 1. The number of halogens is 2. The molecule has 1 aliphatic heterocycles. The Morgan fingerprint density at radius 2 is 1.91 bits per heavy atom. The van der Waals surface area contributed by atoms with E-state index in [-0.39, 0.29) is 30.2 Å². The summed E-state index contributed by atoms with van der Waals surface area (Å²) >= 11 is 0. The second-order valence-corrected chi connectivity index (χ2v) is 8.84. The normalized spacial score (nSPS) is 27.5. The molecule has 1 saturated heterocycles. The summed E-state index contributed by atoms with van der Waals surface area (Å²) in [5.41, 5.74) is 7.83. The van der Waals surface area contributed by atoms with Gasteiger partial charge in [0, 0.05) is 36.9 Å². The monoisotopic (exact) mass is 447 g/mol. The van der Waals surface area contributed by atoms with Gasteiger partial charge in [0.25, 0.3) is 0 Å². The van der Waals surface area contributed by atoms with Crippen molar-refractivity contribution in [1.82, 2.24) is 10.6 Å². The Bertz CT molecular complexity index is 933. The number of rotatable bonds is 7. The van der Waals surface area contributed by atoms with E-state index >= 15 is 0 Å². The molecule has 0 saturated carbocycles. The number of hydrogen-bond acceptors (Lipinski definition) is 5. The summed E-state index contributed by atoms with van der Waals surface area (Å²) in [7, 11) is 3.25. The van der Waals surface area contributed by atoms with E-state index in [1.807, 2.05) is 0 Å². The molecule has 0 aromatic heterocycles. The van der Waals surface area contributed by atoms with Crippen LogP contribution >= 0.6 is 0 Å². The summed E-state index contributed by atoms with van der Waals surface area (Å²) in [6.07, 6.45) is 6.64.